The van der Waals surface area contributed by atoms with Gasteiger partial charge in [0.2, 0.25) is 10.0 Å². The van der Waals surface area contributed by atoms with Crippen molar-refractivity contribution < 1.29 is 31.1 Å². The van der Waals surface area contributed by atoms with Gasteiger partial charge in [-0.2, -0.15) is 17.5 Å². The molecule has 0 saturated heterocycles. The molecule has 0 aliphatic carbocycles. The average Bonchev–Trinajstić information content (AvgIpc) is 2.66. The van der Waals surface area contributed by atoms with Crippen molar-refractivity contribution in [2.75, 3.05) is 6.54 Å². The molecule has 1 aromatic heterocycles. The number of hydrogen-bond acceptors (Lipinski definition) is 4. The molecule has 5 nitrogen and oxygen atoms in total. The predicted molar refractivity (Wildman–Crippen MR) is 64.5 cm³/mol. The molecule has 0 aromatic carbocycles. The summed E-state index contributed by atoms with van der Waals surface area (Å²) in [6.45, 7) is 1.92. The highest BCUT2D eigenvalue weighted by molar-refractivity contribution is 7.89. The summed E-state index contributed by atoms with van der Waals surface area (Å²) in [5.41, 5.74) is 0. The van der Waals surface area contributed by atoms with Gasteiger partial charge in [-0.15, -0.1) is 0 Å². The van der Waals surface area contributed by atoms with Crippen LogP contribution in [0.4, 0.5) is 13.2 Å². The van der Waals surface area contributed by atoms with Gasteiger partial charge in [0.15, 0.2) is 0 Å². The van der Waals surface area contributed by atoms with Crippen molar-refractivity contribution in [3.8, 4) is 0 Å². The van der Waals surface area contributed by atoms with Crippen molar-refractivity contribution in [2.24, 2.45) is 0 Å². The SMILES string of the molecule is Cc1oc(CO)cc1S(=O)(=O)N(CC(F)(F)F)C(C)C. The van der Waals surface area contributed by atoms with E-state index in [1.165, 1.54) is 20.8 Å². The van der Waals surface area contributed by atoms with Gasteiger partial charge in [-0.1, -0.05) is 0 Å². The zero-order chi connectivity index (χ0) is 15.7. The first-order chi connectivity index (χ1) is 8.99. The minimum atomic E-state index is -4.64. The van der Waals surface area contributed by atoms with Gasteiger partial charge < -0.3 is 9.52 Å². The van der Waals surface area contributed by atoms with E-state index < -0.39 is 35.4 Å². The molecule has 0 aliphatic rings. The third-order valence-corrected chi connectivity index (χ3v) is 4.71. The van der Waals surface area contributed by atoms with Crippen molar-refractivity contribution in [1.82, 2.24) is 4.31 Å². The summed E-state index contributed by atoms with van der Waals surface area (Å²) < 4.78 is 67.4. The molecule has 0 atom stereocenters. The Bertz CT molecular complexity index is 563. The van der Waals surface area contributed by atoms with Crippen LogP contribution in [-0.4, -0.2) is 36.6 Å². The maximum Gasteiger partial charge on any atom is 0.402 e. The molecular weight excluding hydrogens is 299 g/mol. The number of nitrogens with zero attached hydrogens (tertiary/aromatic N) is 1. The molecular formula is C11H16F3NO4S. The van der Waals surface area contributed by atoms with Gasteiger partial charge in [-0.25, -0.2) is 8.42 Å². The molecule has 1 heterocycles. The van der Waals surface area contributed by atoms with Gasteiger partial charge in [0.1, 0.15) is 29.6 Å². The Balaban J connectivity index is 3.26. The highest BCUT2D eigenvalue weighted by atomic mass is 32.2. The summed E-state index contributed by atoms with van der Waals surface area (Å²) in [5.74, 6) is -0.0707. The first kappa shape index (κ1) is 17.0. The van der Waals surface area contributed by atoms with E-state index in [1.807, 2.05) is 0 Å². The largest absolute Gasteiger partial charge is 0.462 e. The number of furan rings is 1. The Morgan fingerprint density at radius 1 is 1.40 bits per heavy atom. The van der Waals surface area contributed by atoms with E-state index >= 15 is 0 Å². The van der Waals surface area contributed by atoms with E-state index in [9.17, 15) is 21.6 Å². The van der Waals surface area contributed by atoms with Crippen molar-refractivity contribution in [3.05, 3.63) is 17.6 Å². The van der Waals surface area contributed by atoms with Gasteiger partial charge in [0, 0.05) is 12.1 Å². The third kappa shape index (κ3) is 3.74. The lowest BCUT2D eigenvalue weighted by atomic mass is 10.4. The summed E-state index contributed by atoms with van der Waals surface area (Å²) in [7, 11) is -4.34. The number of aliphatic hydroxyl groups is 1. The monoisotopic (exact) mass is 315 g/mol. The molecule has 9 heteroatoms. The van der Waals surface area contributed by atoms with Crippen LogP contribution in [0.2, 0.25) is 0 Å². The normalized spacial score (nSPS) is 13.4. The van der Waals surface area contributed by atoms with Crippen molar-refractivity contribution in [1.29, 1.82) is 0 Å². The second-order valence-corrected chi connectivity index (χ2v) is 6.41. The molecule has 1 rings (SSSR count). The summed E-state index contributed by atoms with van der Waals surface area (Å²) in [5, 5.41) is 8.89. The molecule has 1 aromatic rings. The maximum atomic E-state index is 12.5. The van der Waals surface area contributed by atoms with Crippen LogP contribution in [-0.2, 0) is 16.6 Å². The number of rotatable bonds is 5. The molecule has 0 radical (unpaired) electrons. The molecule has 116 valence electrons. The van der Waals surface area contributed by atoms with Crippen molar-refractivity contribution >= 4 is 10.0 Å². The van der Waals surface area contributed by atoms with Gasteiger partial charge in [0.05, 0.1) is 0 Å². The lowest BCUT2D eigenvalue weighted by molar-refractivity contribution is -0.138. The van der Waals surface area contributed by atoms with E-state index in [4.69, 9.17) is 9.52 Å². The third-order valence-electron chi connectivity index (χ3n) is 2.58. The molecule has 20 heavy (non-hydrogen) atoms. The maximum absolute atomic E-state index is 12.5. The molecule has 0 spiro atoms. The molecule has 0 amide bonds. The number of aliphatic hydroxyl groups excluding tert-OH is 1. The molecule has 0 aliphatic heterocycles. The minimum Gasteiger partial charge on any atom is -0.462 e. The van der Waals surface area contributed by atoms with E-state index in [0.29, 0.717) is 4.31 Å². The standard InChI is InChI=1S/C11H16F3NO4S/c1-7(2)15(6-11(12,13)14)20(17,18)10-4-9(5-16)19-8(10)3/h4,7,16H,5-6H2,1-3H3. The number of hydrogen-bond donors (Lipinski definition) is 1. The zero-order valence-corrected chi connectivity index (χ0v) is 12.0. The molecule has 0 saturated carbocycles. The first-order valence-corrected chi connectivity index (χ1v) is 7.22. The summed E-state index contributed by atoms with van der Waals surface area (Å²) in [6, 6.07) is 0.171. The lowest BCUT2D eigenvalue weighted by Crippen LogP contribution is -2.43. The second-order valence-electron chi connectivity index (χ2n) is 4.55. The van der Waals surface area contributed by atoms with Crippen LogP contribution in [0, 0.1) is 6.92 Å². The fourth-order valence-electron chi connectivity index (χ4n) is 1.71. The highest BCUT2D eigenvalue weighted by Gasteiger charge is 2.39. The predicted octanol–water partition coefficient (Wildman–Crippen LogP) is 2.04. The topological polar surface area (TPSA) is 70.8 Å². The van der Waals surface area contributed by atoms with E-state index in [0.717, 1.165) is 6.07 Å². The summed E-state index contributed by atoms with van der Waals surface area (Å²) in [4.78, 5) is -0.362. The van der Waals surface area contributed by atoms with Crippen LogP contribution in [0.25, 0.3) is 0 Å². The molecule has 0 bridgehead atoms. The van der Waals surface area contributed by atoms with Gasteiger partial charge in [-0.05, 0) is 20.8 Å². The number of sulfonamides is 1. The summed E-state index contributed by atoms with van der Waals surface area (Å²) >= 11 is 0. The van der Waals surface area contributed by atoms with Crippen LogP contribution in [0.5, 0.6) is 0 Å². The van der Waals surface area contributed by atoms with Crippen LogP contribution in [0.3, 0.4) is 0 Å². The minimum absolute atomic E-state index is 0.0169. The van der Waals surface area contributed by atoms with Crippen LogP contribution in [0.1, 0.15) is 25.4 Å². The Labute approximate surface area is 115 Å². The molecule has 0 fully saturated rings. The zero-order valence-electron chi connectivity index (χ0n) is 11.2. The van der Waals surface area contributed by atoms with E-state index in [1.54, 1.807) is 0 Å². The molecule has 0 unspecified atom stereocenters. The van der Waals surface area contributed by atoms with Gasteiger partial charge >= 0.3 is 6.18 Å². The van der Waals surface area contributed by atoms with Crippen LogP contribution < -0.4 is 0 Å². The van der Waals surface area contributed by atoms with Crippen molar-refractivity contribution in [2.45, 2.75) is 44.5 Å². The number of aryl methyl sites for hydroxylation is 1. The average molecular weight is 315 g/mol. The number of alkyl halides is 3. The lowest BCUT2D eigenvalue weighted by Gasteiger charge is -2.26. The Hall–Kier alpha value is -1.06. The Kier molecular flexibility index (Phi) is 4.88. The van der Waals surface area contributed by atoms with E-state index in [2.05, 4.69) is 0 Å². The summed E-state index contributed by atoms with van der Waals surface area (Å²) in [6.07, 6.45) is -4.64. The fraction of sp³-hybridized carbons (Fsp3) is 0.636. The number of halogens is 3. The highest BCUT2D eigenvalue weighted by Crippen LogP contribution is 2.28. The van der Waals surface area contributed by atoms with Gasteiger partial charge in [0.25, 0.3) is 0 Å². The van der Waals surface area contributed by atoms with E-state index in [-0.39, 0.29) is 16.4 Å². The Morgan fingerprint density at radius 2 is 1.95 bits per heavy atom. The Morgan fingerprint density at radius 3 is 2.30 bits per heavy atom. The molecule has 1 N–H and O–H groups in total. The quantitative estimate of drug-likeness (QED) is 0.902. The fourth-order valence-corrected chi connectivity index (χ4v) is 3.52. The smallest absolute Gasteiger partial charge is 0.402 e. The van der Waals surface area contributed by atoms with Crippen LogP contribution in [0.15, 0.2) is 15.4 Å². The van der Waals surface area contributed by atoms with Crippen molar-refractivity contribution in [3.63, 3.8) is 0 Å². The first-order valence-electron chi connectivity index (χ1n) is 5.78. The van der Waals surface area contributed by atoms with Crippen LogP contribution >= 0.6 is 0 Å². The van der Waals surface area contributed by atoms with Gasteiger partial charge in [-0.3, -0.25) is 0 Å². The second kappa shape index (κ2) is 5.74.